The SMILES string of the molecule is CC/C=C/C=C/C=C/C=C\CCCCCC(CC(=O)NC(CO)C(O)CCCCCCCCCCCCC)OC(=O)CCCCCCCCCCCCCCCCCC. The molecule has 0 saturated carbocycles. The van der Waals surface area contributed by atoms with Gasteiger partial charge in [-0.1, -0.05) is 243 Å². The van der Waals surface area contributed by atoms with E-state index >= 15 is 0 Å². The number of allylic oxidation sites excluding steroid dienone is 8. The van der Waals surface area contributed by atoms with Crippen LogP contribution in [0.3, 0.4) is 0 Å². The maximum absolute atomic E-state index is 13.2. The van der Waals surface area contributed by atoms with E-state index in [2.05, 4.69) is 50.4 Å². The lowest BCUT2D eigenvalue weighted by molar-refractivity contribution is -0.151. The first-order chi connectivity index (χ1) is 29.0. The van der Waals surface area contributed by atoms with E-state index in [0.717, 1.165) is 70.6 Å². The Kier molecular flexibility index (Phi) is 45.1. The van der Waals surface area contributed by atoms with Crippen LogP contribution in [0, 0.1) is 0 Å². The number of ether oxygens (including phenoxy) is 1. The predicted octanol–water partition coefficient (Wildman–Crippen LogP) is 15.1. The van der Waals surface area contributed by atoms with Crippen molar-refractivity contribution in [3.05, 3.63) is 48.6 Å². The Labute approximate surface area is 366 Å². The highest BCUT2D eigenvalue weighted by atomic mass is 16.5. The van der Waals surface area contributed by atoms with Crippen LogP contribution >= 0.6 is 0 Å². The van der Waals surface area contributed by atoms with Crippen LogP contribution in [0.4, 0.5) is 0 Å². The highest BCUT2D eigenvalue weighted by Gasteiger charge is 2.24. The van der Waals surface area contributed by atoms with Gasteiger partial charge in [0, 0.05) is 6.42 Å². The largest absolute Gasteiger partial charge is 0.462 e. The number of hydrogen-bond acceptors (Lipinski definition) is 5. The van der Waals surface area contributed by atoms with Gasteiger partial charge in [-0.2, -0.15) is 0 Å². The molecule has 0 spiro atoms. The number of hydrogen-bond donors (Lipinski definition) is 3. The maximum atomic E-state index is 13.2. The van der Waals surface area contributed by atoms with Crippen LogP contribution in [0.1, 0.15) is 252 Å². The number of esters is 1. The van der Waals surface area contributed by atoms with E-state index in [1.54, 1.807) is 0 Å². The van der Waals surface area contributed by atoms with Crippen molar-refractivity contribution in [2.75, 3.05) is 6.61 Å². The summed E-state index contributed by atoms with van der Waals surface area (Å²) >= 11 is 0. The molecule has 344 valence electrons. The molecule has 0 fully saturated rings. The summed E-state index contributed by atoms with van der Waals surface area (Å²) in [6, 6.07) is -0.712. The van der Waals surface area contributed by atoms with E-state index in [4.69, 9.17) is 4.74 Å². The van der Waals surface area contributed by atoms with Gasteiger partial charge in [0.25, 0.3) is 0 Å². The van der Waals surface area contributed by atoms with Crippen LogP contribution in [-0.2, 0) is 14.3 Å². The predicted molar refractivity (Wildman–Crippen MR) is 255 cm³/mol. The van der Waals surface area contributed by atoms with E-state index in [1.807, 2.05) is 24.3 Å². The number of carbonyl (C=O) groups is 2. The summed E-state index contributed by atoms with van der Waals surface area (Å²) in [4.78, 5) is 26.1. The highest BCUT2D eigenvalue weighted by molar-refractivity contribution is 5.77. The summed E-state index contributed by atoms with van der Waals surface area (Å²) in [7, 11) is 0. The first kappa shape index (κ1) is 56.8. The summed E-state index contributed by atoms with van der Waals surface area (Å²) in [6.45, 7) is 6.33. The lowest BCUT2D eigenvalue weighted by Gasteiger charge is -2.24. The van der Waals surface area contributed by atoms with Crippen LogP contribution in [-0.4, -0.2) is 46.9 Å². The van der Waals surface area contributed by atoms with Crippen molar-refractivity contribution < 1.29 is 24.5 Å². The molecule has 0 rings (SSSR count). The fourth-order valence-electron chi connectivity index (χ4n) is 7.68. The van der Waals surface area contributed by atoms with Gasteiger partial charge in [-0.15, -0.1) is 0 Å². The van der Waals surface area contributed by atoms with Gasteiger partial charge in [-0.05, 0) is 44.9 Å². The van der Waals surface area contributed by atoms with Crippen molar-refractivity contribution in [3.63, 3.8) is 0 Å². The molecule has 0 aromatic carbocycles. The van der Waals surface area contributed by atoms with E-state index in [0.29, 0.717) is 19.3 Å². The lowest BCUT2D eigenvalue weighted by Crippen LogP contribution is -2.46. The fraction of sp³-hybridized carbons (Fsp3) is 0.811. The standard InChI is InChI=1S/C53H97NO5/c1-4-7-10-13-16-19-22-24-25-26-28-31-34-37-40-43-46-53(58)59-49(44-41-38-35-32-30-27-23-20-17-14-11-8-5-2)47-52(57)54-50(48-55)51(56)45-42-39-36-33-29-21-18-15-12-9-6-3/h8,11,14,17,20,23,27,30,49-51,55-56H,4-7,9-10,12-13,15-16,18-19,21-22,24-26,28-29,31-48H2,1-3H3,(H,54,57)/b11-8+,17-14+,23-20+,30-27-. The number of rotatable bonds is 45. The van der Waals surface area contributed by atoms with Crippen molar-refractivity contribution in [2.24, 2.45) is 0 Å². The lowest BCUT2D eigenvalue weighted by atomic mass is 10.0. The van der Waals surface area contributed by atoms with Crippen molar-refractivity contribution in [2.45, 2.75) is 270 Å². The molecule has 0 heterocycles. The zero-order chi connectivity index (χ0) is 43.1. The van der Waals surface area contributed by atoms with E-state index in [-0.39, 0.29) is 24.9 Å². The third-order valence-electron chi connectivity index (χ3n) is 11.5. The van der Waals surface area contributed by atoms with Crippen LogP contribution in [0.25, 0.3) is 0 Å². The summed E-state index contributed by atoms with van der Waals surface area (Å²) < 4.78 is 5.91. The number of unbranched alkanes of at least 4 members (excludes halogenated alkanes) is 28. The summed E-state index contributed by atoms with van der Waals surface area (Å²) in [5, 5.41) is 23.7. The molecule has 0 bridgehead atoms. The number of aliphatic hydroxyl groups excluding tert-OH is 2. The molecule has 0 aliphatic rings. The number of carbonyl (C=O) groups excluding carboxylic acids is 2. The fourth-order valence-corrected chi connectivity index (χ4v) is 7.68. The highest BCUT2D eigenvalue weighted by Crippen LogP contribution is 2.18. The molecule has 0 saturated heterocycles. The molecule has 3 atom stereocenters. The molecule has 0 aromatic heterocycles. The average Bonchev–Trinajstić information content (AvgIpc) is 3.23. The summed E-state index contributed by atoms with van der Waals surface area (Å²) in [5.41, 5.74) is 0. The van der Waals surface area contributed by atoms with Gasteiger partial charge in [0.05, 0.1) is 25.2 Å². The van der Waals surface area contributed by atoms with E-state index < -0.39 is 18.2 Å². The normalized spacial score (nSPS) is 13.6. The Morgan fingerprint density at radius 1 is 0.508 bits per heavy atom. The molecule has 3 unspecified atom stereocenters. The van der Waals surface area contributed by atoms with Gasteiger partial charge < -0.3 is 20.3 Å². The Bertz CT molecular complexity index is 1020. The zero-order valence-electron chi connectivity index (χ0n) is 39.1. The van der Waals surface area contributed by atoms with Crippen molar-refractivity contribution in [1.82, 2.24) is 5.32 Å². The third-order valence-corrected chi connectivity index (χ3v) is 11.5. The van der Waals surface area contributed by atoms with Crippen molar-refractivity contribution in [3.8, 4) is 0 Å². The van der Waals surface area contributed by atoms with Crippen LogP contribution in [0.15, 0.2) is 48.6 Å². The molecule has 1 amide bonds. The Balaban J connectivity index is 4.60. The van der Waals surface area contributed by atoms with Crippen LogP contribution in [0.2, 0.25) is 0 Å². The third kappa shape index (κ3) is 42.3. The number of aliphatic hydroxyl groups is 2. The zero-order valence-corrected chi connectivity index (χ0v) is 39.1. The minimum atomic E-state index is -0.796. The summed E-state index contributed by atoms with van der Waals surface area (Å²) in [6.07, 6.45) is 56.0. The molecule has 6 nitrogen and oxygen atoms in total. The van der Waals surface area contributed by atoms with Gasteiger partial charge in [0.15, 0.2) is 0 Å². The second-order valence-corrected chi connectivity index (χ2v) is 17.3. The minimum Gasteiger partial charge on any atom is -0.462 e. The quantitative estimate of drug-likeness (QED) is 0.0323. The molecule has 0 radical (unpaired) electrons. The second-order valence-electron chi connectivity index (χ2n) is 17.3. The molecule has 0 aliphatic heterocycles. The molecular formula is C53H97NO5. The molecule has 59 heavy (non-hydrogen) atoms. The Morgan fingerprint density at radius 2 is 0.915 bits per heavy atom. The van der Waals surface area contributed by atoms with E-state index in [9.17, 15) is 19.8 Å². The van der Waals surface area contributed by atoms with Gasteiger partial charge >= 0.3 is 5.97 Å². The van der Waals surface area contributed by atoms with Gasteiger partial charge in [0.1, 0.15) is 6.10 Å². The molecule has 0 aromatic rings. The smallest absolute Gasteiger partial charge is 0.306 e. The van der Waals surface area contributed by atoms with Gasteiger partial charge in [-0.25, -0.2) is 0 Å². The average molecular weight is 828 g/mol. The first-order valence-electron chi connectivity index (χ1n) is 25.4. The molecule has 3 N–H and O–H groups in total. The molecule has 0 aliphatic carbocycles. The molecule has 6 heteroatoms. The minimum absolute atomic E-state index is 0.0536. The Morgan fingerprint density at radius 3 is 1.39 bits per heavy atom. The van der Waals surface area contributed by atoms with Crippen molar-refractivity contribution in [1.29, 1.82) is 0 Å². The van der Waals surface area contributed by atoms with Gasteiger partial charge in [-0.3, -0.25) is 9.59 Å². The maximum Gasteiger partial charge on any atom is 0.306 e. The number of amides is 1. The second kappa shape index (κ2) is 46.9. The van der Waals surface area contributed by atoms with E-state index in [1.165, 1.54) is 135 Å². The Hall–Kier alpha value is -2.18. The monoisotopic (exact) mass is 828 g/mol. The molecular weight excluding hydrogens is 731 g/mol. The van der Waals surface area contributed by atoms with Gasteiger partial charge in [0.2, 0.25) is 5.91 Å². The van der Waals surface area contributed by atoms with Crippen molar-refractivity contribution >= 4 is 11.9 Å². The topological polar surface area (TPSA) is 95.9 Å². The van der Waals surface area contributed by atoms with Crippen LogP contribution < -0.4 is 5.32 Å². The first-order valence-corrected chi connectivity index (χ1v) is 25.4. The summed E-state index contributed by atoms with van der Waals surface area (Å²) in [5.74, 6) is -0.506. The van der Waals surface area contributed by atoms with Crippen LogP contribution in [0.5, 0.6) is 0 Å². The number of nitrogens with one attached hydrogen (secondary N) is 1.